The number of amides is 1. The largest absolute Gasteiger partial charge is 0.295 e. The van der Waals surface area contributed by atoms with Crippen LogP contribution in [0, 0.1) is 18.3 Å². The Hall–Kier alpha value is -1.41. The molecule has 16 heavy (non-hydrogen) atoms. The quantitative estimate of drug-likeness (QED) is 0.736. The van der Waals surface area contributed by atoms with E-state index in [0.29, 0.717) is 24.3 Å². The third-order valence-electron chi connectivity index (χ3n) is 2.51. The first kappa shape index (κ1) is 11.1. The van der Waals surface area contributed by atoms with Gasteiger partial charge < -0.3 is 0 Å². The van der Waals surface area contributed by atoms with Crippen LogP contribution in [0.15, 0.2) is 12.3 Å². The summed E-state index contributed by atoms with van der Waals surface area (Å²) in [5, 5.41) is 8.73. The molecular formula is C11H10BrN3O. The lowest BCUT2D eigenvalue weighted by Crippen LogP contribution is -2.26. The fourth-order valence-electron chi connectivity index (χ4n) is 1.78. The van der Waals surface area contributed by atoms with Crippen LogP contribution in [0.4, 0.5) is 5.82 Å². The summed E-state index contributed by atoms with van der Waals surface area (Å²) in [7, 11) is 0. The molecule has 0 saturated carbocycles. The molecule has 0 spiro atoms. The molecule has 1 saturated heterocycles. The van der Waals surface area contributed by atoms with E-state index in [0.717, 1.165) is 5.56 Å². The lowest BCUT2D eigenvalue weighted by molar-refractivity contribution is -0.117. The second-order valence-corrected chi connectivity index (χ2v) is 5.08. The number of hydrogen-bond donors (Lipinski definition) is 0. The summed E-state index contributed by atoms with van der Waals surface area (Å²) in [6, 6.07) is 3.78. The molecule has 0 aromatic carbocycles. The van der Waals surface area contributed by atoms with Gasteiger partial charge >= 0.3 is 0 Å². The number of alkyl halides is 1. The highest BCUT2D eigenvalue weighted by atomic mass is 79.9. The first-order valence-electron chi connectivity index (χ1n) is 4.93. The van der Waals surface area contributed by atoms with Crippen molar-refractivity contribution in [1.82, 2.24) is 4.98 Å². The van der Waals surface area contributed by atoms with Gasteiger partial charge in [0.2, 0.25) is 5.91 Å². The second kappa shape index (κ2) is 4.22. The molecule has 2 rings (SSSR count). The molecule has 0 N–H and O–H groups in total. The maximum absolute atomic E-state index is 11.7. The van der Waals surface area contributed by atoms with Crippen molar-refractivity contribution in [1.29, 1.82) is 5.26 Å². The van der Waals surface area contributed by atoms with E-state index in [4.69, 9.17) is 5.26 Å². The number of rotatable bonds is 1. The van der Waals surface area contributed by atoms with Gasteiger partial charge in [0.05, 0.1) is 5.56 Å². The highest BCUT2D eigenvalue weighted by Crippen LogP contribution is 2.26. The topological polar surface area (TPSA) is 57.0 Å². The summed E-state index contributed by atoms with van der Waals surface area (Å²) < 4.78 is 0. The number of aromatic nitrogens is 1. The standard InChI is InChI=1S/C11H10BrN3O/c1-7-2-8(4-13)5-14-11(7)15-6-9(12)3-10(15)16/h2,5,9H,3,6H2,1H3. The van der Waals surface area contributed by atoms with Gasteiger partial charge in [-0.15, -0.1) is 0 Å². The fraction of sp³-hybridized carbons (Fsp3) is 0.364. The molecule has 1 aliphatic rings. The molecule has 0 radical (unpaired) electrons. The zero-order valence-electron chi connectivity index (χ0n) is 8.77. The van der Waals surface area contributed by atoms with Gasteiger partial charge in [-0.3, -0.25) is 9.69 Å². The number of hydrogen-bond acceptors (Lipinski definition) is 3. The Bertz CT molecular complexity index is 481. The summed E-state index contributed by atoms with van der Waals surface area (Å²) in [4.78, 5) is 17.7. The van der Waals surface area contributed by atoms with Crippen molar-refractivity contribution in [3.05, 3.63) is 23.4 Å². The van der Waals surface area contributed by atoms with Crippen LogP contribution < -0.4 is 4.90 Å². The Labute approximate surface area is 102 Å². The number of carbonyl (C=O) groups excluding carboxylic acids is 1. The zero-order chi connectivity index (χ0) is 11.7. The Kier molecular flexibility index (Phi) is 2.92. The summed E-state index contributed by atoms with van der Waals surface area (Å²) in [5.74, 6) is 0.730. The van der Waals surface area contributed by atoms with Crippen molar-refractivity contribution in [2.75, 3.05) is 11.4 Å². The average molecular weight is 280 g/mol. The number of anilines is 1. The van der Waals surface area contributed by atoms with E-state index in [1.807, 2.05) is 13.0 Å². The van der Waals surface area contributed by atoms with E-state index < -0.39 is 0 Å². The molecule has 2 heterocycles. The minimum Gasteiger partial charge on any atom is -0.295 e. The maximum Gasteiger partial charge on any atom is 0.229 e. The van der Waals surface area contributed by atoms with Crippen molar-refractivity contribution in [2.45, 2.75) is 18.2 Å². The number of nitriles is 1. The Morgan fingerprint density at radius 1 is 1.69 bits per heavy atom. The zero-order valence-corrected chi connectivity index (χ0v) is 10.4. The van der Waals surface area contributed by atoms with Crippen LogP contribution in [-0.4, -0.2) is 22.3 Å². The van der Waals surface area contributed by atoms with Gasteiger partial charge in [-0.2, -0.15) is 5.26 Å². The first-order chi connectivity index (χ1) is 7.61. The molecule has 4 nitrogen and oxygen atoms in total. The van der Waals surface area contributed by atoms with Crippen molar-refractivity contribution in [3.63, 3.8) is 0 Å². The van der Waals surface area contributed by atoms with Crippen LogP contribution in [0.2, 0.25) is 0 Å². The molecule has 0 aliphatic carbocycles. The van der Waals surface area contributed by atoms with Crippen LogP contribution in [0.5, 0.6) is 0 Å². The molecule has 1 unspecified atom stereocenters. The van der Waals surface area contributed by atoms with Gasteiger partial charge in [-0.25, -0.2) is 4.98 Å². The smallest absolute Gasteiger partial charge is 0.229 e. The van der Waals surface area contributed by atoms with Crippen LogP contribution in [0.3, 0.4) is 0 Å². The number of pyridine rings is 1. The molecule has 1 atom stereocenters. The first-order valence-corrected chi connectivity index (χ1v) is 5.84. The highest BCUT2D eigenvalue weighted by Gasteiger charge is 2.30. The van der Waals surface area contributed by atoms with Crippen molar-refractivity contribution in [2.24, 2.45) is 0 Å². The minimum atomic E-state index is 0.0715. The van der Waals surface area contributed by atoms with Crippen LogP contribution in [-0.2, 0) is 4.79 Å². The number of aryl methyl sites for hydroxylation is 1. The predicted octanol–water partition coefficient (Wildman–Crippen LogP) is 1.76. The van der Waals surface area contributed by atoms with Gasteiger partial charge in [-0.1, -0.05) is 15.9 Å². The molecule has 1 aromatic heterocycles. The SMILES string of the molecule is Cc1cc(C#N)cnc1N1CC(Br)CC1=O. The van der Waals surface area contributed by atoms with Gasteiger partial charge in [0.1, 0.15) is 11.9 Å². The average Bonchev–Trinajstić information content (AvgIpc) is 2.57. The third-order valence-corrected chi connectivity index (χ3v) is 3.13. The molecule has 0 bridgehead atoms. The number of nitrogens with zero attached hydrogens (tertiary/aromatic N) is 3. The lowest BCUT2D eigenvalue weighted by Gasteiger charge is -2.16. The van der Waals surface area contributed by atoms with E-state index in [-0.39, 0.29) is 10.7 Å². The Balaban J connectivity index is 2.35. The molecule has 1 fully saturated rings. The van der Waals surface area contributed by atoms with E-state index in [9.17, 15) is 4.79 Å². The summed E-state index contributed by atoms with van der Waals surface area (Å²) in [6.45, 7) is 2.50. The van der Waals surface area contributed by atoms with Crippen molar-refractivity contribution < 1.29 is 4.79 Å². The minimum absolute atomic E-state index is 0.0715. The summed E-state index contributed by atoms with van der Waals surface area (Å²) in [5.41, 5.74) is 1.37. The lowest BCUT2D eigenvalue weighted by atomic mass is 10.2. The van der Waals surface area contributed by atoms with Crippen LogP contribution >= 0.6 is 15.9 Å². The molecule has 1 aromatic rings. The highest BCUT2D eigenvalue weighted by molar-refractivity contribution is 9.09. The van der Waals surface area contributed by atoms with Crippen molar-refractivity contribution in [3.8, 4) is 6.07 Å². The Morgan fingerprint density at radius 3 is 2.94 bits per heavy atom. The maximum atomic E-state index is 11.7. The number of carbonyl (C=O) groups is 1. The predicted molar refractivity (Wildman–Crippen MR) is 63.4 cm³/mol. The van der Waals surface area contributed by atoms with Gasteiger partial charge in [-0.05, 0) is 18.6 Å². The van der Waals surface area contributed by atoms with Crippen LogP contribution in [0.25, 0.3) is 0 Å². The van der Waals surface area contributed by atoms with Crippen LogP contribution in [0.1, 0.15) is 17.5 Å². The Morgan fingerprint density at radius 2 is 2.44 bits per heavy atom. The third kappa shape index (κ3) is 1.93. The van der Waals surface area contributed by atoms with E-state index in [1.165, 1.54) is 6.20 Å². The van der Waals surface area contributed by atoms with Gasteiger partial charge in [0.25, 0.3) is 0 Å². The van der Waals surface area contributed by atoms with Crippen molar-refractivity contribution >= 4 is 27.7 Å². The molecule has 82 valence electrons. The fourth-order valence-corrected chi connectivity index (χ4v) is 2.35. The summed E-state index contributed by atoms with van der Waals surface area (Å²) in [6.07, 6.45) is 2.00. The molecule has 1 aliphatic heterocycles. The van der Waals surface area contributed by atoms with E-state index in [1.54, 1.807) is 11.0 Å². The van der Waals surface area contributed by atoms with E-state index in [2.05, 4.69) is 20.9 Å². The van der Waals surface area contributed by atoms with Gasteiger partial charge in [0, 0.05) is 24.0 Å². The monoisotopic (exact) mass is 279 g/mol. The molecule has 5 heteroatoms. The summed E-state index contributed by atoms with van der Waals surface area (Å²) >= 11 is 3.43. The van der Waals surface area contributed by atoms with Gasteiger partial charge in [0.15, 0.2) is 0 Å². The van der Waals surface area contributed by atoms with E-state index >= 15 is 0 Å². The second-order valence-electron chi connectivity index (χ2n) is 3.78. The number of halogens is 1. The molecular weight excluding hydrogens is 270 g/mol. The normalized spacial score (nSPS) is 19.9. The molecule has 1 amide bonds.